The number of nitrogens with zero attached hydrogens (tertiary/aromatic N) is 1. The van der Waals surface area contributed by atoms with Crippen LogP contribution < -0.4 is 14.2 Å². The van der Waals surface area contributed by atoms with Crippen molar-refractivity contribution in [2.45, 2.75) is 47.1 Å². The molecule has 202 valence electrons. The van der Waals surface area contributed by atoms with Gasteiger partial charge in [-0.3, -0.25) is 9.52 Å². The number of fused-ring (bicyclic) bond motifs is 2. The molecule has 1 saturated heterocycles. The third kappa shape index (κ3) is 6.90. The van der Waals surface area contributed by atoms with Crippen LogP contribution in [0.3, 0.4) is 0 Å². The van der Waals surface area contributed by atoms with Crippen LogP contribution in [0.5, 0.6) is 11.5 Å². The summed E-state index contributed by atoms with van der Waals surface area (Å²) in [5, 5.41) is 0. The molecule has 2 aliphatic heterocycles. The predicted molar refractivity (Wildman–Crippen MR) is 144 cm³/mol. The maximum atomic E-state index is 14.0. The predicted octanol–water partition coefficient (Wildman–Crippen LogP) is 4.75. The highest BCUT2D eigenvalue weighted by molar-refractivity contribution is 7.89. The van der Waals surface area contributed by atoms with Crippen LogP contribution in [0.1, 0.15) is 57.2 Å². The van der Waals surface area contributed by atoms with Crippen LogP contribution in [0.25, 0.3) is 5.57 Å². The van der Waals surface area contributed by atoms with Crippen LogP contribution in [-0.2, 0) is 21.4 Å². The number of hydrogen-bond acceptors (Lipinski definition) is 6. The zero-order valence-corrected chi connectivity index (χ0v) is 23.3. The molecule has 0 saturated carbocycles. The number of benzene rings is 2. The van der Waals surface area contributed by atoms with Gasteiger partial charge in [-0.05, 0) is 62.1 Å². The SMILES string of the molecule is CC.COc1ccc2c(c1)COc1cc(F)ccc1C2=C1CCN(CC(C)(C)C(=O)NS(C)(=O)=O)CC1. The van der Waals surface area contributed by atoms with Crippen molar-refractivity contribution in [1.82, 2.24) is 9.62 Å². The smallest absolute Gasteiger partial charge is 0.240 e. The first-order valence-electron chi connectivity index (χ1n) is 12.5. The maximum Gasteiger partial charge on any atom is 0.240 e. The number of carbonyl (C=O) groups is 1. The Hall–Kier alpha value is -2.91. The summed E-state index contributed by atoms with van der Waals surface area (Å²) < 4.78 is 50.5. The quantitative estimate of drug-likeness (QED) is 0.598. The van der Waals surface area contributed by atoms with Crippen LogP contribution in [0.2, 0.25) is 0 Å². The second-order valence-corrected chi connectivity index (χ2v) is 11.5. The van der Waals surface area contributed by atoms with Crippen LogP contribution >= 0.6 is 0 Å². The first-order valence-corrected chi connectivity index (χ1v) is 14.4. The molecule has 0 bridgehead atoms. The molecule has 2 aromatic carbocycles. The van der Waals surface area contributed by atoms with Gasteiger partial charge in [0.25, 0.3) is 0 Å². The van der Waals surface area contributed by atoms with Gasteiger partial charge in [0.2, 0.25) is 15.9 Å². The molecule has 1 N–H and O–H groups in total. The zero-order valence-electron chi connectivity index (χ0n) is 22.5. The van der Waals surface area contributed by atoms with E-state index >= 15 is 0 Å². The maximum absolute atomic E-state index is 14.0. The second kappa shape index (κ2) is 11.6. The summed E-state index contributed by atoms with van der Waals surface area (Å²) in [7, 11) is -1.99. The van der Waals surface area contributed by atoms with E-state index in [4.69, 9.17) is 9.47 Å². The number of halogens is 1. The number of amides is 1. The molecule has 37 heavy (non-hydrogen) atoms. The highest BCUT2D eigenvalue weighted by atomic mass is 32.2. The lowest BCUT2D eigenvalue weighted by Crippen LogP contribution is -2.47. The van der Waals surface area contributed by atoms with Crippen molar-refractivity contribution in [3.8, 4) is 11.5 Å². The molecule has 1 fully saturated rings. The fourth-order valence-electron chi connectivity index (χ4n) is 4.73. The second-order valence-electron chi connectivity index (χ2n) is 9.79. The van der Waals surface area contributed by atoms with Crippen molar-refractivity contribution >= 4 is 21.5 Å². The number of hydrogen-bond donors (Lipinski definition) is 1. The van der Waals surface area contributed by atoms with Gasteiger partial charge in [-0.25, -0.2) is 12.8 Å². The fourth-order valence-corrected chi connectivity index (χ4v) is 5.35. The molecular weight excluding hydrogens is 495 g/mol. The average molecular weight is 533 g/mol. The van der Waals surface area contributed by atoms with E-state index < -0.39 is 21.3 Å². The molecule has 2 aromatic rings. The lowest BCUT2D eigenvalue weighted by molar-refractivity contribution is -0.128. The molecule has 9 heteroatoms. The van der Waals surface area contributed by atoms with Crippen molar-refractivity contribution in [3.05, 3.63) is 64.5 Å². The summed E-state index contributed by atoms with van der Waals surface area (Å²) in [5.74, 6) is 0.395. The van der Waals surface area contributed by atoms with Gasteiger partial charge in [-0.2, -0.15) is 0 Å². The van der Waals surface area contributed by atoms with E-state index in [1.165, 1.54) is 17.7 Å². The standard InChI is InChI=1S/C26H31FN2O5S.C2H6/c1-26(2,25(30)28-35(4,31)32)16-29-11-9-17(10-12-29)24-21-8-6-20(33-3)13-18(21)15-34-23-14-19(27)5-7-22(23)24;1-2/h5-8,13-14H,9-12,15-16H2,1-4H3,(H,28,30);1-2H3. The summed E-state index contributed by atoms with van der Waals surface area (Å²) in [6, 6.07) is 10.6. The summed E-state index contributed by atoms with van der Waals surface area (Å²) in [4.78, 5) is 14.7. The number of rotatable bonds is 5. The molecule has 0 radical (unpaired) electrons. The Balaban J connectivity index is 0.00000186. The largest absolute Gasteiger partial charge is 0.497 e. The molecule has 1 amide bonds. The number of ether oxygens (including phenoxy) is 2. The third-order valence-electron chi connectivity index (χ3n) is 6.50. The monoisotopic (exact) mass is 532 g/mol. The first-order chi connectivity index (χ1) is 17.5. The molecule has 7 nitrogen and oxygen atoms in total. The molecule has 2 heterocycles. The Morgan fingerprint density at radius 2 is 1.76 bits per heavy atom. The van der Waals surface area contributed by atoms with Crippen molar-refractivity contribution in [1.29, 1.82) is 0 Å². The minimum Gasteiger partial charge on any atom is -0.497 e. The first kappa shape index (κ1) is 28.7. The Labute approximate surface area is 219 Å². The summed E-state index contributed by atoms with van der Waals surface area (Å²) in [5.41, 5.74) is 4.33. The number of carbonyl (C=O) groups excluding carboxylic acids is 1. The Morgan fingerprint density at radius 1 is 1.11 bits per heavy atom. The summed E-state index contributed by atoms with van der Waals surface area (Å²) >= 11 is 0. The topological polar surface area (TPSA) is 84.9 Å². The van der Waals surface area contributed by atoms with Crippen LogP contribution in [0.15, 0.2) is 42.0 Å². The van der Waals surface area contributed by atoms with Crippen molar-refractivity contribution in [2.75, 3.05) is 33.0 Å². The van der Waals surface area contributed by atoms with Gasteiger partial charge in [-0.15, -0.1) is 0 Å². The van der Waals surface area contributed by atoms with E-state index in [-0.39, 0.29) is 5.82 Å². The van der Waals surface area contributed by atoms with Crippen molar-refractivity contribution < 1.29 is 27.1 Å². The van der Waals surface area contributed by atoms with E-state index in [2.05, 4.69) is 9.62 Å². The number of methoxy groups -OCH3 is 1. The number of nitrogens with one attached hydrogen (secondary N) is 1. The summed E-state index contributed by atoms with van der Waals surface area (Å²) in [6.45, 7) is 9.69. The molecule has 2 aliphatic rings. The number of sulfonamides is 1. The molecule has 0 atom stereocenters. The molecule has 4 rings (SSSR count). The van der Waals surface area contributed by atoms with E-state index in [9.17, 15) is 17.6 Å². The Morgan fingerprint density at radius 3 is 2.38 bits per heavy atom. The highest BCUT2D eigenvalue weighted by Gasteiger charge is 2.33. The van der Waals surface area contributed by atoms with Gasteiger partial charge in [0.15, 0.2) is 0 Å². The van der Waals surface area contributed by atoms with Gasteiger partial charge in [0.1, 0.15) is 23.9 Å². The van der Waals surface area contributed by atoms with Crippen LogP contribution in [-0.4, -0.2) is 52.2 Å². The fraction of sp³-hybridized carbons (Fsp3) is 0.464. The average Bonchev–Trinajstić information content (AvgIpc) is 3.00. The van der Waals surface area contributed by atoms with E-state index in [0.29, 0.717) is 18.9 Å². The normalized spacial score (nSPS) is 15.9. The van der Waals surface area contributed by atoms with Crippen molar-refractivity contribution in [2.24, 2.45) is 5.41 Å². The zero-order chi connectivity index (χ0) is 27.4. The van der Waals surface area contributed by atoms with E-state index in [0.717, 1.165) is 60.2 Å². The van der Waals surface area contributed by atoms with Gasteiger partial charge in [0.05, 0.1) is 18.8 Å². The van der Waals surface area contributed by atoms with Gasteiger partial charge in [0, 0.05) is 36.8 Å². The minimum atomic E-state index is -3.61. The molecule has 0 aliphatic carbocycles. The molecular formula is C28H37FN2O5S. The number of likely N-dealkylation sites (tertiary alicyclic amines) is 1. The van der Waals surface area contributed by atoms with E-state index in [1.807, 2.05) is 32.0 Å². The molecule has 0 unspecified atom stereocenters. The minimum absolute atomic E-state index is 0.315. The summed E-state index contributed by atoms with van der Waals surface area (Å²) in [6.07, 6.45) is 2.51. The third-order valence-corrected chi connectivity index (χ3v) is 7.06. The Bertz CT molecular complexity index is 1280. The lowest BCUT2D eigenvalue weighted by Gasteiger charge is -2.35. The highest BCUT2D eigenvalue weighted by Crippen LogP contribution is 2.42. The Kier molecular flexibility index (Phi) is 9.02. The lowest BCUT2D eigenvalue weighted by atomic mass is 9.85. The van der Waals surface area contributed by atoms with Crippen LogP contribution in [0.4, 0.5) is 4.39 Å². The van der Waals surface area contributed by atoms with Crippen LogP contribution in [0, 0.1) is 11.2 Å². The van der Waals surface area contributed by atoms with E-state index in [1.54, 1.807) is 27.0 Å². The van der Waals surface area contributed by atoms with Gasteiger partial charge < -0.3 is 14.4 Å². The number of piperidine rings is 1. The molecule has 0 spiro atoms. The van der Waals surface area contributed by atoms with Crippen molar-refractivity contribution in [3.63, 3.8) is 0 Å². The van der Waals surface area contributed by atoms with Gasteiger partial charge in [-0.1, -0.05) is 25.5 Å². The molecule has 0 aromatic heterocycles. The van der Waals surface area contributed by atoms with Gasteiger partial charge >= 0.3 is 0 Å².